The van der Waals surface area contributed by atoms with Gasteiger partial charge in [0.05, 0.1) is 12.0 Å². The molecular weight excluding hydrogens is 278 g/mol. The Balaban J connectivity index is 2.05. The van der Waals surface area contributed by atoms with Crippen LogP contribution in [0.4, 0.5) is 4.79 Å². The smallest absolute Gasteiger partial charge is 0.326 e. The van der Waals surface area contributed by atoms with E-state index in [9.17, 15) is 19.5 Å². The third-order valence-corrected chi connectivity index (χ3v) is 4.12. The number of carbonyl (C=O) groups excluding carboxylic acids is 2. The van der Waals surface area contributed by atoms with E-state index in [1.807, 2.05) is 0 Å². The molecular formula is C13H21N3O5. The van der Waals surface area contributed by atoms with Crippen LogP contribution < -0.4 is 5.32 Å². The van der Waals surface area contributed by atoms with Gasteiger partial charge in [0.2, 0.25) is 5.91 Å². The van der Waals surface area contributed by atoms with E-state index >= 15 is 0 Å². The number of aliphatic hydroxyl groups excluding tert-OH is 1. The van der Waals surface area contributed by atoms with Gasteiger partial charge >= 0.3 is 12.0 Å². The maximum atomic E-state index is 12.5. The zero-order chi connectivity index (χ0) is 15.6. The normalized spacial score (nSPS) is 29.3. The summed E-state index contributed by atoms with van der Waals surface area (Å²) in [6, 6.07) is -1.40. The Morgan fingerprint density at radius 2 is 1.95 bits per heavy atom. The van der Waals surface area contributed by atoms with Gasteiger partial charge in [-0.2, -0.15) is 0 Å². The number of likely N-dealkylation sites (tertiary alicyclic amines) is 2. The van der Waals surface area contributed by atoms with Crippen molar-refractivity contribution in [3.8, 4) is 0 Å². The monoisotopic (exact) mass is 299 g/mol. The van der Waals surface area contributed by atoms with E-state index in [4.69, 9.17) is 5.11 Å². The van der Waals surface area contributed by atoms with Crippen molar-refractivity contribution in [2.45, 2.75) is 31.4 Å². The van der Waals surface area contributed by atoms with Crippen molar-refractivity contribution >= 4 is 17.9 Å². The molecule has 3 amide bonds. The quantitative estimate of drug-likeness (QED) is 0.611. The maximum absolute atomic E-state index is 12.5. The van der Waals surface area contributed by atoms with E-state index in [-0.39, 0.29) is 31.3 Å². The highest BCUT2D eigenvalue weighted by atomic mass is 16.4. The molecule has 2 heterocycles. The number of carbonyl (C=O) groups is 3. The second-order valence-corrected chi connectivity index (χ2v) is 5.58. The minimum atomic E-state index is -1.11. The number of β-amino-alcohol motifs (C(OH)–C–C–N with tert-alkyl or cyclic N) is 1. The number of nitrogens with one attached hydrogen (secondary N) is 1. The average molecular weight is 299 g/mol. The van der Waals surface area contributed by atoms with Crippen LogP contribution in [-0.4, -0.2) is 76.7 Å². The largest absolute Gasteiger partial charge is 0.480 e. The number of piperidine rings is 1. The molecule has 0 aromatic carbocycles. The van der Waals surface area contributed by atoms with Crippen LogP contribution in [0.1, 0.15) is 19.3 Å². The van der Waals surface area contributed by atoms with Gasteiger partial charge in [-0.3, -0.25) is 4.79 Å². The van der Waals surface area contributed by atoms with Gasteiger partial charge in [0.1, 0.15) is 6.04 Å². The summed E-state index contributed by atoms with van der Waals surface area (Å²) in [5, 5.41) is 21.3. The third-order valence-electron chi connectivity index (χ3n) is 4.12. The predicted molar refractivity (Wildman–Crippen MR) is 72.5 cm³/mol. The Morgan fingerprint density at radius 3 is 2.57 bits per heavy atom. The average Bonchev–Trinajstić information content (AvgIpc) is 2.88. The summed E-state index contributed by atoms with van der Waals surface area (Å²) in [6.07, 6.45) is 0.662. The van der Waals surface area contributed by atoms with E-state index in [0.29, 0.717) is 19.4 Å². The van der Waals surface area contributed by atoms with Gasteiger partial charge in [0.15, 0.2) is 0 Å². The first-order valence-electron chi connectivity index (χ1n) is 7.12. The molecule has 0 aromatic rings. The van der Waals surface area contributed by atoms with Crippen LogP contribution in [0.25, 0.3) is 0 Å². The number of aliphatic hydroxyl groups is 1. The molecule has 0 saturated carbocycles. The number of amides is 3. The highest BCUT2D eigenvalue weighted by molar-refractivity contribution is 5.84. The van der Waals surface area contributed by atoms with Gasteiger partial charge in [-0.15, -0.1) is 0 Å². The van der Waals surface area contributed by atoms with Gasteiger partial charge in [0.25, 0.3) is 0 Å². The topological polar surface area (TPSA) is 110 Å². The fourth-order valence-corrected chi connectivity index (χ4v) is 3.01. The van der Waals surface area contributed by atoms with E-state index in [1.165, 1.54) is 9.80 Å². The molecule has 1 unspecified atom stereocenters. The Kier molecular flexibility index (Phi) is 4.66. The predicted octanol–water partition coefficient (Wildman–Crippen LogP) is -0.916. The number of carboxylic acid groups (broad SMARTS) is 1. The molecule has 2 fully saturated rings. The number of nitrogens with zero attached hydrogens (tertiary/aromatic N) is 2. The molecule has 8 nitrogen and oxygen atoms in total. The molecule has 8 heteroatoms. The van der Waals surface area contributed by atoms with Gasteiger partial charge in [-0.25, -0.2) is 9.59 Å². The molecule has 21 heavy (non-hydrogen) atoms. The van der Waals surface area contributed by atoms with Crippen LogP contribution in [0.15, 0.2) is 0 Å². The first-order chi connectivity index (χ1) is 9.93. The van der Waals surface area contributed by atoms with Crippen LogP contribution in [0.2, 0.25) is 0 Å². The molecule has 2 saturated heterocycles. The number of aliphatic carboxylic acids is 1. The van der Waals surface area contributed by atoms with Gasteiger partial charge in [-0.05, 0) is 12.8 Å². The van der Waals surface area contributed by atoms with Crippen LogP contribution in [-0.2, 0) is 9.59 Å². The van der Waals surface area contributed by atoms with E-state index in [2.05, 4.69) is 5.32 Å². The standard InChI is InChI=1S/C13H21N3O5/c1-14-11(18)8-3-2-4-15(6-8)13(21)16-7-9(17)5-10(16)12(19)20/h8-10,17H,2-7H2,1H3,(H,14,18)(H,19,20)/t8?,9-,10-/m0/s1. The summed E-state index contributed by atoms with van der Waals surface area (Å²) in [6.45, 7) is 0.819. The highest BCUT2D eigenvalue weighted by Gasteiger charge is 2.41. The Morgan fingerprint density at radius 1 is 1.24 bits per heavy atom. The van der Waals surface area contributed by atoms with Crippen molar-refractivity contribution in [3.05, 3.63) is 0 Å². The number of hydrogen-bond donors (Lipinski definition) is 3. The second kappa shape index (κ2) is 6.30. The molecule has 118 valence electrons. The number of carboxylic acids is 1. The van der Waals surface area contributed by atoms with Gasteiger partial charge < -0.3 is 25.3 Å². The molecule has 0 bridgehead atoms. The van der Waals surface area contributed by atoms with Crippen molar-refractivity contribution in [1.29, 1.82) is 0 Å². The van der Waals surface area contributed by atoms with Crippen LogP contribution in [0.3, 0.4) is 0 Å². The zero-order valence-corrected chi connectivity index (χ0v) is 12.0. The minimum absolute atomic E-state index is 0.0247. The number of rotatable bonds is 2. The van der Waals surface area contributed by atoms with Gasteiger partial charge in [-0.1, -0.05) is 0 Å². The molecule has 3 N–H and O–H groups in total. The highest BCUT2D eigenvalue weighted by Crippen LogP contribution is 2.23. The minimum Gasteiger partial charge on any atom is -0.480 e. The van der Waals surface area contributed by atoms with Crippen LogP contribution >= 0.6 is 0 Å². The third kappa shape index (κ3) is 3.26. The summed E-state index contributed by atoms with van der Waals surface area (Å²) in [5.74, 6) is -1.48. The summed E-state index contributed by atoms with van der Waals surface area (Å²) < 4.78 is 0. The van der Waals surface area contributed by atoms with Crippen molar-refractivity contribution in [3.63, 3.8) is 0 Å². The molecule has 0 radical (unpaired) electrons. The van der Waals surface area contributed by atoms with E-state index in [1.54, 1.807) is 7.05 Å². The van der Waals surface area contributed by atoms with Crippen molar-refractivity contribution in [2.75, 3.05) is 26.7 Å². The SMILES string of the molecule is CNC(=O)C1CCCN(C(=O)N2C[C@@H](O)C[C@H]2C(=O)O)C1. The molecule has 3 atom stereocenters. The molecule has 0 aliphatic carbocycles. The molecule has 2 rings (SSSR count). The Hall–Kier alpha value is -1.83. The fourth-order valence-electron chi connectivity index (χ4n) is 3.01. The molecule has 2 aliphatic heterocycles. The lowest BCUT2D eigenvalue weighted by Crippen LogP contribution is -2.52. The first-order valence-corrected chi connectivity index (χ1v) is 7.12. The number of hydrogen-bond acceptors (Lipinski definition) is 4. The molecule has 2 aliphatic rings. The van der Waals surface area contributed by atoms with Gasteiger partial charge in [0, 0.05) is 33.1 Å². The first kappa shape index (κ1) is 15.6. The fraction of sp³-hybridized carbons (Fsp3) is 0.769. The van der Waals surface area contributed by atoms with E-state index in [0.717, 1.165) is 0 Å². The molecule has 0 aromatic heterocycles. The van der Waals surface area contributed by atoms with Crippen LogP contribution in [0, 0.1) is 5.92 Å². The summed E-state index contributed by atoms with van der Waals surface area (Å²) in [7, 11) is 1.56. The maximum Gasteiger partial charge on any atom is 0.326 e. The summed E-state index contributed by atoms with van der Waals surface area (Å²) in [4.78, 5) is 38.0. The zero-order valence-electron chi connectivity index (χ0n) is 12.0. The lowest BCUT2D eigenvalue weighted by Gasteiger charge is -2.35. The second-order valence-electron chi connectivity index (χ2n) is 5.58. The lowest BCUT2D eigenvalue weighted by molar-refractivity contribution is -0.141. The number of urea groups is 1. The summed E-state index contributed by atoms with van der Waals surface area (Å²) >= 11 is 0. The van der Waals surface area contributed by atoms with E-state index < -0.39 is 24.1 Å². The lowest BCUT2D eigenvalue weighted by atomic mass is 9.97. The Bertz CT molecular complexity index is 442. The van der Waals surface area contributed by atoms with Crippen molar-refractivity contribution in [2.24, 2.45) is 5.92 Å². The summed E-state index contributed by atoms with van der Waals surface area (Å²) in [5.41, 5.74) is 0. The molecule has 0 spiro atoms. The van der Waals surface area contributed by atoms with Crippen molar-refractivity contribution < 1.29 is 24.6 Å². The van der Waals surface area contributed by atoms with Crippen molar-refractivity contribution in [1.82, 2.24) is 15.1 Å². The Labute approximate surface area is 122 Å². The van der Waals surface area contributed by atoms with Crippen LogP contribution in [0.5, 0.6) is 0 Å².